The summed E-state index contributed by atoms with van der Waals surface area (Å²) in [6.45, 7) is -0.238. The summed E-state index contributed by atoms with van der Waals surface area (Å²) < 4.78 is 5.49. The van der Waals surface area contributed by atoms with Gasteiger partial charge in [0, 0.05) is 12.0 Å². The van der Waals surface area contributed by atoms with Crippen molar-refractivity contribution in [3.63, 3.8) is 0 Å². The Hall–Kier alpha value is -3.68. The van der Waals surface area contributed by atoms with Gasteiger partial charge in [0.05, 0.1) is 5.56 Å². The Morgan fingerprint density at radius 3 is 2.59 bits per heavy atom. The van der Waals surface area contributed by atoms with Crippen molar-refractivity contribution < 1.29 is 23.9 Å². The quantitative estimate of drug-likeness (QED) is 0.631. The third-order valence-corrected chi connectivity index (χ3v) is 4.44. The second-order valence-electron chi connectivity index (χ2n) is 6.26. The number of fused-ring (bicyclic) bond motifs is 1. The molecule has 0 spiro atoms. The average molecular weight is 365 g/mol. The molecule has 2 aliphatic rings. The maximum Gasteiger partial charge on any atom is 0.343 e. The van der Waals surface area contributed by atoms with Gasteiger partial charge in [-0.3, -0.25) is 20.3 Å². The van der Waals surface area contributed by atoms with E-state index < -0.39 is 29.9 Å². The van der Waals surface area contributed by atoms with Crippen molar-refractivity contribution in [2.75, 3.05) is 6.54 Å². The lowest BCUT2D eigenvalue weighted by Gasteiger charge is -2.25. The molecule has 4 rings (SSSR count). The molecule has 2 aromatic rings. The Morgan fingerprint density at radius 2 is 1.89 bits per heavy atom. The van der Waals surface area contributed by atoms with Crippen LogP contribution in [0.5, 0.6) is 0 Å². The Bertz CT molecular complexity index is 957. The number of imide groups is 1. The molecule has 2 aliphatic heterocycles. The molecule has 1 fully saturated rings. The molecule has 136 valence electrons. The standard InChI is InChI=1S/C19H15N3O5/c23-16-10-22(19(26)20-16)21-17(24)12-6-7-14-13(8-12)9-15(27-18(14)25)11-4-2-1-3-5-11/h1-8,15H,9-10H2,(H,21,24)(H,20,23,26)/t15-/m0/s1. The number of esters is 1. The van der Waals surface area contributed by atoms with Crippen LogP contribution in [0, 0.1) is 0 Å². The first-order valence-corrected chi connectivity index (χ1v) is 8.32. The van der Waals surface area contributed by atoms with E-state index in [9.17, 15) is 19.2 Å². The second-order valence-corrected chi connectivity index (χ2v) is 6.26. The summed E-state index contributed by atoms with van der Waals surface area (Å²) in [5, 5.41) is 2.98. The highest BCUT2D eigenvalue weighted by Gasteiger charge is 2.30. The molecule has 0 aliphatic carbocycles. The van der Waals surface area contributed by atoms with Gasteiger partial charge in [0.15, 0.2) is 0 Å². The number of hydrogen-bond donors (Lipinski definition) is 2. The van der Waals surface area contributed by atoms with Gasteiger partial charge < -0.3 is 4.74 Å². The third-order valence-electron chi connectivity index (χ3n) is 4.44. The minimum atomic E-state index is -0.681. The maximum absolute atomic E-state index is 12.4. The SMILES string of the molecule is O=C1CN(NC(=O)c2ccc3c(c2)C[C@@H](c2ccccc2)OC3=O)C(=O)N1. The molecule has 2 N–H and O–H groups in total. The Labute approximate surface area is 154 Å². The van der Waals surface area contributed by atoms with Gasteiger partial charge in [-0.1, -0.05) is 30.3 Å². The Kier molecular flexibility index (Phi) is 4.08. The predicted octanol–water partition coefficient (Wildman–Crippen LogP) is 1.34. The monoisotopic (exact) mass is 365 g/mol. The molecule has 1 atom stereocenters. The molecule has 0 unspecified atom stereocenters. The zero-order valence-corrected chi connectivity index (χ0v) is 14.1. The van der Waals surface area contributed by atoms with E-state index in [1.54, 1.807) is 6.07 Å². The van der Waals surface area contributed by atoms with Crippen molar-refractivity contribution in [1.82, 2.24) is 15.8 Å². The first-order valence-electron chi connectivity index (χ1n) is 8.32. The molecule has 1 saturated heterocycles. The number of carbonyl (C=O) groups is 4. The molecule has 0 bridgehead atoms. The largest absolute Gasteiger partial charge is 0.454 e. The highest BCUT2D eigenvalue weighted by atomic mass is 16.5. The van der Waals surface area contributed by atoms with Gasteiger partial charge in [-0.2, -0.15) is 0 Å². The van der Waals surface area contributed by atoms with Crippen LogP contribution in [0.1, 0.15) is 37.9 Å². The fourth-order valence-corrected chi connectivity index (χ4v) is 3.11. The average Bonchev–Trinajstić information content (AvgIpc) is 2.98. The number of hydrogen-bond acceptors (Lipinski definition) is 5. The van der Waals surface area contributed by atoms with Gasteiger partial charge in [-0.25, -0.2) is 14.6 Å². The molecule has 8 nitrogen and oxygen atoms in total. The summed E-state index contributed by atoms with van der Waals surface area (Å²) in [5.74, 6) is -1.47. The third kappa shape index (κ3) is 3.24. The van der Waals surface area contributed by atoms with E-state index in [-0.39, 0.29) is 12.1 Å². The van der Waals surface area contributed by atoms with Crippen LogP contribution in [0.4, 0.5) is 4.79 Å². The minimum Gasteiger partial charge on any atom is -0.454 e. The number of rotatable bonds is 3. The van der Waals surface area contributed by atoms with E-state index in [4.69, 9.17) is 4.74 Å². The van der Waals surface area contributed by atoms with Crippen LogP contribution in [0.3, 0.4) is 0 Å². The molecule has 2 heterocycles. The normalized spacial score (nSPS) is 18.6. The highest BCUT2D eigenvalue weighted by Crippen LogP contribution is 2.31. The van der Waals surface area contributed by atoms with Crippen molar-refractivity contribution in [3.8, 4) is 0 Å². The van der Waals surface area contributed by atoms with E-state index in [1.807, 2.05) is 30.3 Å². The van der Waals surface area contributed by atoms with Crippen LogP contribution in [0.25, 0.3) is 0 Å². The number of ether oxygens (including phenoxy) is 1. The van der Waals surface area contributed by atoms with Crippen molar-refractivity contribution in [1.29, 1.82) is 0 Å². The molecular weight excluding hydrogens is 350 g/mol. The number of nitrogens with one attached hydrogen (secondary N) is 2. The number of hydrazine groups is 1. The van der Waals surface area contributed by atoms with Gasteiger partial charge in [0.25, 0.3) is 5.91 Å². The van der Waals surface area contributed by atoms with Gasteiger partial charge in [-0.05, 0) is 29.3 Å². The van der Waals surface area contributed by atoms with Crippen molar-refractivity contribution >= 4 is 23.8 Å². The van der Waals surface area contributed by atoms with Crippen LogP contribution in [-0.2, 0) is 16.0 Å². The van der Waals surface area contributed by atoms with Gasteiger partial charge in [-0.15, -0.1) is 0 Å². The molecule has 0 radical (unpaired) electrons. The first kappa shape index (κ1) is 16.8. The molecule has 0 saturated carbocycles. The zero-order valence-electron chi connectivity index (χ0n) is 14.1. The van der Waals surface area contributed by atoms with E-state index in [1.165, 1.54) is 12.1 Å². The van der Waals surface area contributed by atoms with Crippen molar-refractivity contribution in [2.45, 2.75) is 12.5 Å². The van der Waals surface area contributed by atoms with E-state index in [2.05, 4.69) is 10.7 Å². The van der Waals surface area contributed by atoms with Crippen molar-refractivity contribution in [2.24, 2.45) is 0 Å². The smallest absolute Gasteiger partial charge is 0.343 e. The lowest BCUT2D eigenvalue weighted by Crippen LogP contribution is -2.44. The van der Waals surface area contributed by atoms with Crippen LogP contribution in [0.15, 0.2) is 48.5 Å². The number of benzene rings is 2. The maximum atomic E-state index is 12.4. The zero-order chi connectivity index (χ0) is 19.0. The number of nitrogens with zero attached hydrogens (tertiary/aromatic N) is 1. The summed E-state index contributed by atoms with van der Waals surface area (Å²) in [7, 11) is 0. The molecular formula is C19H15N3O5. The fraction of sp³-hybridized carbons (Fsp3) is 0.158. The van der Waals surface area contributed by atoms with Gasteiger partial charge in [0.1, 0.15) is 12.6 Å². The Morgan fingerprint density at radius 1 is 1.11 bits per heavy atom. The lowest BCUT2D eigenvalue weighted by atomic mass is 9.93. The molecule has 4 amide bonds. The van der Waals surface area contributed by atoms with Crippen LogP contribution < -0.4 is 10.7 Å². The van der Waals surface area contributed by atoms with E-state index >= 15 is 0 Å². The highest BCUT2D eigenvalue weighted by molar-refractivity contribution is 6.04. The number of cyclic esters (lactones) is 1. The summed E-state index contributed by atoms with van der Waals surface area (Å²) in [6, 6.07) is 13.3. The summed E-state index contributed by atoms with van der Waals surface area (Å²) in [6.07, 6.45) is 0.0148. The minimum absolute atomic E-state index is 0.238. The second kappa shape index (κ2) is 6.56. The predicted molar refractivity (Wildman–Crippen MR) is 92.5 cm³/mol. The fourth-order valence-electron chi connectivity index (χ4n) is 3.11. The Balaban J connectivity index is 1.56. The van der Waals surface area contributed by atoms with Crippen LogP contribution in [0.2, 0.25) is 0 Å². The number of urea groups is 1. The summed E-state index contributed by atoms with van der Waals surface area (Å²) in [5.41, 5.74) is 4.63. The first-order chi connectivity index (χ1) is 13.0. The topological polar surface area (TPSA) is 105 Å². The van der Waals surface area contributed by atoms with E-state index in [0.717, 1.165) is 10.6 Å². The molecule has 0 aromatic heterocycles. The lowest BCUT2D eigenvalue weighted by molar-refractivity contribution is -0.118. The molecule has 27 heavy (non-hydrogen) atoms. The van der Waals surface area contributed by atoms with Gasteiger partial charge >= 0.3 is 12.0 Å². The van der Waals surface area contributed by atoms with E-state index in [0.29, 0.717) is 17.5 Å². The summed E-state index contributed by atoms with van der Waals surface area (Å²) >= 11 is 0. The van der Waals surface area contributed by atoms with Crippen LogP contribution in [-0.4, -0.2) is 35.4 Å². The number of carbonyl (C=O) groups excluding carboxylic acids is 4. The molecule has 8 heteroatoms. The van der Waals surface area contributed by atoms with Crippen molar-refractivity contribution in [3.05, 3.63) is 70.8 Å². The van der Waals surface area contributed by atoms with Crippen LogP contribution >= 0.6 is 0 Å². The molecule has 2 aromatic carbocycles. The van der Waals surface area contributed by atoms with Gasteiger partial charge in [0.2, 0.25) is 5.91 Å². The summed E-state index contributed by atoms with van der Waals surface area (Å²) in [4.78, 5) is 47.4. The number of amides is 4.